The van der Waals surface area contributed by atoms with E-state index >= 15 is 0 Å². The van der Waals surface area contributed by atoms with Crippen LogP contribution in [0.5, 0.6) is 0 Å². The fourth-order valence-electron chi connectivity index (χ4n) is 2.49. The van der Waals surface area contributed by atoms with Gasteiger partial charge in [0.2, 0.25) is 5.82 Å². The summed E-state index contributed by atoms with van der Waals surface area (Å²) in [6, 6.07) is 1.40. The molecule has 1 aliphatic rings. The topological polar surface area (TPSA) is 87.3 Å². The van der Waals surface area contributed by atoms with Crippen molar-refractivity contribution in [1.82, 2.24) is 9.97 Å². The van der Waals surface area contributed by atoms with Gasteiger partial charge in [0.05, 0.1) is 0 Å². The number of rotatable bonds is 4. The number of nitrogens with zero attached hydrogens (tertiary/aromatic N) is 3. The van der Waals surface area contributed by atoms with Crippen molar-refractivity contribution in [2.45, 2.75) is 25.4 Å². The lowest BCUT2D eigenvalue weighted by Gasteiger charge is -2.33. The SMILES string of the molecule is NNc1cc(N2CCCC(CCO)C2)nc(C(F)(F)F)n1. The first-order valence-electron chi connectivity index (χ1n) is 6.72. The number of halogens is 3. The summed E-state index contributed by atoms with van der Waals surface area (Å²) in [6.07, 6.45) is -2.19. The highest BCUT2D eigenvalue weighted by molar-refractivity contribution is 5.49. The Hall–Kier alpha value is -1.61. The van der Waals surface area contributed by atoms with Gasteiger partial charge in [-0.1, -0.05) is 0 Å². The van der Waals surface area contributed by atoms with Gasteiger partial charge < -0.3 is 15.4 Å². The fourth-order valence-corrected chi connectivity index (χ4v) is 2.49. The predicted octanol–water partition coefficient (Wildman–Crippen LogP) is 1.38. The lowest BCUT2D eigenvalue weighted by atomic mass is 9.95. The van der Waals surface area contributed by atoms with Crippen LogP contribution in [-0.2, 0) is 6.18 Å². The van der Waals surface area contributed by atoms with Crippen LogP contribution in [0.1, 0.15) is 25.1 Å². The lowest BCUT2D eigenvalue weighted by molar-refractivity contribution is -0.144. The highest BCUT2D eigenvalue weighted by Gasteiger charge is 2.36. The third-order valence-corrected chi connectivity index (χ3v) is 3.49. The van der Waals surface area contributed by atoms with Gasteiger partial charge in [-0.2, -0.15) is 13.2 Å². The molecule has 118 valence electrons. The molecular weight excluding hydrogens is 287 g/mol. The van der Waals surface area contributed by atoms with Crippen LogP contribution in [0.25, 0.3) is 0 Å². The van der Waals surface area contributed by atoms with Crippen molar-refractivity contribution < 1.29 is 18.3 Å². The molecule has 2 rings (SSSR count). The summed E-state index contributed by atoms with van der Waals surface area (Å²) in [6.45, 7) is 1.27. The van der Waals surface area contributed by atoms with E-state index in [1.165, 1.54) is 6.07 Å². The number of hydrogen-bond acceptors (Lipinski definition) is 6. The summed E-state index contributed by atoms with van der Waals surface area (Å²) >= 11 is 0. The third kappa shape index (κ3) is 3.94. The molecule has 0 saturated carbocycles. The monoisotopic (exact) mass is 305 g/mol. The van der Waals surface area contributed by atoms with Gasteiger partial charge >= 0.3 is 6.18 Å². The van der Waals surface area contributed by atoms with Crippen molar-refractivity contribution in [2.24, 2.45) is 11.8 Å². The summed E-state index contributed by atoms with van der Waals surface area (Å²) in [5.41, 5.74) is 2.14. The molecule has 4 N–H and O–H groups in total. The molecule has 0 aliphatic carbocycles. The van der Waals surface area contributed by atoms with Gasteiger partial charge in [-0.3, -0.25) is 0 Å². The summed E-state index contributed by atoms with van der Waals surface area (Å²) in [5, 5.41) is 8.99. The molecule has 1 saturated heterocycles. The molecular formula is C12H18F3N5O. The average Bonchev–Trinajstić information content (AvgIpc) is 2.46. The summed E-state index contributed by atoms with van der Waals surface area (Å²) in [7, 11) is 0. The zero-order valence-corrected chi connectivity index (χ0v) is 11.4. The number of alkyl halides is 3. The minimum absolute atomic E-state index is 0.0726. The Labute approximate surface area is 120 Å². The smallest absolute Gasteiger partial charge is 0.396 e. The maximum atomic E-state index is 12.8. The number of hydrogen-bond donors (Lipinski definition) is 3. The van der Waals surface area contributed by atoms with Gasteiger partial charge in [0.1, 0.15) is 11.6 Å². The minimum atomic E-state index is -4.62. The zero-order chi connectivity index (χ0) is 15.5. The molecule has 1 fully saturated rings. The highest BCUT2D eigenvalue weighted by Crippen LogP contribution is 2.30. The van der Waals surface area contributed by atoms with E-state index in [4.69, 9.17) is 10.9 Å². The fraction of sp³-hybridized carbons (Fsp3) is 0.667. The second kappa shape index (κ2) is 6.44. The standard InChI is InChI=1S/C12H18F3N5O/c13-12(14,15)11-17-9(19-16)6-10(18-11)20-4-1-2-8(7-20)3-5-21/h6,8,21H,1-5,7,16H2,(H,17,18,19). The first kappa shape index (κ1) is 15.8. The van der Waals surface area contributed by atoms with Crippen LogP contribution in [0.15, 0.2) is 6.07 Å². The number of aliphatic hydroxyl groups excluding tert-OH is 1. The first-order valence-corrected chi connectivity index (χ1v) is 6.72. The Morgan fingerprint density at radius 3 is 2.81 bits per heavy atom. The van der Waals surface area contributed by atoms with Crippen LogP contribution in [0.3, 0.4) is 0 Å². The molecule has 6 nitrogen and oxygen atoms in total. The molecule has 1 unspecified atom stereocenters. The molecule has 21 heavy (non-hydrogen) atoms. The lowest BCUT2D eigenvalue weighted by Crippen LogP contribution is -2.36. The summed E-state index contributed by atoms with van der Waals surface area (Å²) < 4.78 is 38.4. The van der Waals surface area contributed by atoms with Crippen LogP contribution in [0.4, 0.5) is 24.8 Å². The second-order valence-electron chi connectivity index (χ2n) is 5.04. The van der Waals surface area contributed by atoms with Crippen molar-refractivity contribution in [1.29, 1.82) is 0 Å². The molecule has 2 heterocycles. The van der Waals surface area contributed by atoms with Crippen LogP contribution >= 0.6 is 0 Å². The Balaban J connectivity index is 2.25. The predicted molar refractivity (Wildman–Crippen MR) is 71.5 cm³/mol. The minimum Gasteiger partial charge on any atom is -0.396 e. The van der Waals surface area contributed by atoms with Crippen molar-refractivity contribution in [2.75, 3.05) is 30.0 Å². The molecule has 0 bridgehead atoms. The van der Waals surface area contributed by atoms with Crippen molar-refractivity contribution >= 4 is 11.6 Å². The number of anilines is 2. The van der Waals surface area contributed by atoms with Crippen LogP contribution in [0, 0.1) is 5.92 Å². The third-order valence-electron chi connectivity index (χ3n) is 3.49. The van der Waals surface area contributed by atoms with E-state index in [2.05, 4.69) is 15.4 Å². The average molecular weight is 305 g/mol. The van der Waals surface area contributed by atoms with E-state index in [0.29, 0.717) is 19.5 Å². The van der Waals surface area contributed by atoms with Gasteiger partial charge in [0.25, 0.3) is 0 Å². The first-order chi connectivity index (χ1) is 9.94. The number of aliphatic hydroxyl groups is 1. The van der Waals surface area contributed by atoms with Crippen molar-refractivity contribution in [3.63, 3.8) is 0 Å². The highest BCUT2D eigenvalue weighted by atomic mass is 19.4. The second-order valence-corrected chi connectivity index (χ2v) is 5.04. The van der Waals surface area contributed by atoms with Gasteiger partial charge in [-0.15, -0.1) is 0 Å². The summed E-state index contributed by atoms with van der Waals surface area (Å²) in [4.78, 5) is 8.72. The van der Waals surface area contributed by atoms with Crippen LogP contribution < -0.4 is 16.2 Å². The van der Waals surface area contributed by atoms with E-state index < -0.39 is 12.0 Å². The molecule has 0 amide bonds. The molecule has 1 atom stereocenters. The van der Waals surface area contributed by atoms with Crippen molar-refractivity contribution in [3.8, 4) is 0 Å². The van der Waals surface area contributed by atoms with Gasteiger partial charge in [-0.05, 0) is 25.2 Å². The Bertz CT molecular complexity index is 480. The number of nitrogen functional groups attached to an aromatic ring is 1. The van der Waals surface area contributed by atoms with Gasteiger partial charge in [0, 0.05) is 25.8 Å². The molecule has 9 heteroatoms. The van der Waals surface area contributed by atoms with Crippen LogP contribution in [-0.4, -0.2) is 34.8 Å². The van der Waals surface area contributed by atoms with E-state index in [1.807, 2.05) is 0 Å². The maximum absolute atomic E-state index is 12.8. The Kier molecular flexibility index (Phi) is 4.84. The van der Waals surface area contributed by atoms with Gasteiger partial charge in [-0.25, -0.2) is 15.8 Å². The zero-order valence-electron chi connectivity index (χ0n) is 11.4. The van der Waals surface area contributed by atoms with E-state index in [-0.39, 0.29) is 24.2 Å². The Morgan fingerprint density at radius 2 is 2.19 bits per heavy atom. The molecule has 1 aromatic rings. The molecule has 0 radical (unpaired) electrons. The number of hydrazine groups is 1. The largest absolute Gasteiger partial charge is 0.451 e. The molecule has 0 aromatic carbocycles. The molecule has 1 aliphatic heterocycles. The van der Waals surface area contributed by atoms with Crippen molar-refractivity contribution in [3.05, 3.63) is 11.9 Å². The summed E-state index contributed by atoms with van der Waals surface area (Å²) in [5.74, 6) is 4.35. The quantitative estimate of drug-likeness (QED) is 0.575. The molecule has 0 spiro atoms. The number of nitrogens with one attached hydrogen (secondary N) is 1. The van der Waals surface area contributed by atoms with Crippen LogP contribution in [0.2, 0.25) is 0 Å². The van der Waals surface area contributed by atoms with E-state index in [1.54, 1.807) is 4.90 Å². The van der Waals surface area contributed by atoms with E-state index in [9.17, 15) is 13.2 Å². The normalized spacial score (nSPS) is 19.7. The number of piperidine rings is 1. The molecule has 1 aromatic heterocycles. The number of aromatic nitrogens is 2. The number of nitrogens with two attached hydrogens (primary N) is 1. The maximum Gasteiger partial charge on any atom is 0.451 e. The Morgan fingerprint density at radius 1 is 1.43 bits per heavy atom. The van der Waals surface area contributed by atoms with E-state index in [0.717, 1.165) is 12.8 Å². The van der Waals surface area contributed by atoms with Gasteiger partial charge in [0.15, 0.2) is 0 Å².